The van der Waals surface area contributed by atoms with E-state index in [0.717, 1.165) is 11.8 Å². The van der Waals surface area contributed by atoms with E-state index < -0.39 is 9.84 Å². The van der Waals surface area contributed by atoms with Gasteiger partial charge in [-0.3, -0.25) is 0 Å². The van der Waals surface area contributed by atoms with Crippen LogP contribution < -0.4 is 9.47 Å². The van der Waals surface area contributed by atoms with Gasteiger partial charge in [-0.2, -0.15) is 5.26 Å². The second-order valence-corrected chi connectivity index (χ2v) is 8.16. The van der Waals surface area contributed by atoms with Crippen molar-refractivity contribution >= 4 is 39.1 Å². The summed E-state index contributed by atoms with van der Waals surface area (Å²) < 4.78 is 34.1. The molecule has 26 heavy (non-hydrogen) atoms. The van der Waals surface area contributed by atoms with E-state index in [1.165, 1.54) is 13.2 Å². The van der Waals surface area contributed by atoms with Crippen LogP contribution in [-0.2, 0) is 16.4 Å². The molecule has 136 valence electrons. The Bertz CT molecular complexity index is 995. The third-order valence-electron chi connectivity index (χ3n) is 3.39. The van der Waals surface area contributed by atoms with Crippen molar-refractivity contribution in [2.45, 2.75) is 6.61 Å². The molecule has 2 aromatic rings. The second-order valence-electron chi connectivity index (χ2n) is 5.33. The Labute approximate surface area is 162 Å². The molecule has 0 heterocycles. The predicted molar refractivity (Wildman–Crippen MR) is 102 cm³/mol. The molecule has 8 heteroatoms. The van der Waals surface area contributed by atoms with Crippen molar-refractivity contribution in [3.63, 3.8) is 0 Å². The number of halogens is 2. The van der Waals surface area contributed by atoms with E-state index in [9.17, 15) is 8.42 Å². The van der Waals surface area contributed by atoms with Gasteiger partial charge in [-0.1, -0.05) is 35.3 Å². The number of methoxy groups -OCH3 is 1. The smallest absolute Gasteiger partial charge is 0.185 e. The number of ether oxygens (including phenoxy) is 2. The van der Waals surface area contributed by atoms with Crippen LogP contribution >= 0.6 is 23.2 Å². The van der Waals surface area contributed by atoms with Crippen LogP contribution in [0.3, 0.4) is 0 Å². The van der Waals surface area contributed by atoms with Gasteiger partial charge < -0.3 is 9.47 Å². The minimum atomic E-state index is -3.59. The molecule has 0 spiro atoms. The summed E-state index contributed by atoms with van der Waals surface area (Å²) >= 11 is 12.0. The van der Waals surface area contributed by atoms with Crippen molar-refractivity contribution in [3.8, 4) is 17.6 Å². The number of hydrogen-bond donors (Lipinski definition) is 0. The fraction of sp³-hybridized carbons (Fsp3) is 0.167. The van der Waals surface area contributed by atoms with Crippen molar-refractivity contribution in [1.29, 1.82) is 5.26 Å². The molecule has 0 fully saturated rings. The van der Waals surface area contributed by atoms with Gasteiger partial charge in [0.2, 0.25) is 0 Å². The maximum atomic E-state index is 11.5. The Kier molecular flexibility index (Phi) is 6.54. The molecule has 0 unspecified atom stereocenters. The van der Waals surface area contributed by atoms with E-state index in [0.29, 0.717) is 27.1 Å². The van der Waals surface area contributed by atoms with Crippen LogP contribution in [-0.4, -0.2) is 21.8 Å². The molecule has 2 aromatic carbocycles. The zero-order valence-corrected chi connectivity index (χ0v) is 16.3. The zero-order valence-electron chi connectivity index (χ0n) is 14.0. The van der Waals surface area contributed by atoms with E-state index in [1.54, 1.807) is 42.5 Å². The van der Waals surface area contributed by atoms with Crippen LogP contribution in [0.1, 0.15) is 11.1 Å². The van der Waals surface area contributed by atoms with Gasteiger partial charge in [-0.15, -0.1) is 0 Å². The third kappa shape index (κ3) is 5.15. The first-order valence-electron chi connectivity index (χ1n) is 7.31. The Morgan fingerprint density at radius 1 is 1.19 bits per heavy atom. The molecule has 5 nitrogen and oxygen atoms in total. The first-order valence-corrected chi connectivity index (χ1v) is 9.96. The molecule has 0 atom stereocenters. The molecule has 0 aliphatic rings. The van der Waals surface area contributed by atoms with E-state index in [-0.39, 0.29) is 11.5 Å². The molecule has 2 rings (SSSR count). The molecule has 0 bridgehead atoms. The highest BCUT2D eigenvalue weighted by molar-refractivity contribution is 7.95. The number of sulfone groups is 1. The van der Waals surface area contributed by atoms with Gasteiger partial charge in [-0.05, 0) is 35.9 Å². The molecule has 0 saturated heterocycles. The maximum Gasteiger partial charge on any atom is 0.185 e. The summed E-state index contributed by atoms with van der Waals surface area (Å²) in [6.45, 7) is 0.203. The lowest BCUT2D eigenvalue weighted by Gasteiger charge is -2.12. The Morgan fingerprint density at radius 3 is 2.50 bits per heavy atom. The maximum absolute atomic E-state index is 11.5. The second kappa shape index (κ2) is 8.45. The average Bonchev–Trinajstić information content (AvgIpc) is 2.58. The van der Waals surface area contributed by atoms with E-state index >= 15 is 0 Å². The fourth-order valence-corrected chi connectivity index (χ4v) is 3.04. The number of nitrogens with zero attached hydrogens (tertiary/aromatic N) is 1. The molecule has 0 aliphatic heterocycles. The lowest BCUT2D eigenvalue weighted by molar-refractivity contribution is 0.284. The van der Waals surface area contributed by atoms with E-state index in [2.05, 4.69) is 0 Å². The minimum absolute atomic E-state index is 0.203. The molecular weight excluding hydrogens is 397 g/mol. The molecule has 0 N–H and O–H groups in total. The van der Waals surface area contributed by atoms with Crippen molar-refractivity contribution in [1.82, 2.24) is 0 Å². The van der Waals surface area contributed by atoms with Crippen LogP contribution in [0.4, 0.5) is 0 Å². The zero-order chi connectivity index (χ0) is 19.3. The summed E-state index contributed by atoms with van der Waals surface area (Å²) in [5, 5.41) is 10.0. The number of rotatable bonds is 6. The van der Waals surface area contributed by atoms with Crippen LogP contribution in [0, 0.1) is 11.3 Å². The molecule has 0 radical (unpaired) electrons. The molecule has 0 aromatic heterocycles. The number of benzene rings is 2. The fourth-order valence-electron chi connectivity index (χ4n) is 2.06. The van der Waals surface area contributed by atoms with Gasteiger partial charge >= 0.3 is 0 Å². The first-order chi connectivity index (χ1) is 12.2. The van der Waals surface area contributed by atoms with Crippen molar-refractivity contribution < 1.29 is 17.9 Å². The topological polar surface area (TPSA) is 76.4 Å². The van der Waals surface area contributed by atoms with Gasteiger partial charge in [-0.25, -0.2) is 8.42 Å². The van der Waals surface area contributed by atoms with Crippen LogP contribution in [0.15, 0.2) is 41.3 Å². The molecule has 0 aliphatic carbocycles. The lowest BCUT2D eigenvalue weighted by Crippen LogP contribution is -2.00. The standard InChI is InChI=1S/C18H15Cl2NO4S/c1-24-18-8-12(7-15(10-21)26(2,22)23)3-6-17(18)25-11-13-4-5-14(19)9-16(13)20/h3-9H,11H2,1-2H3/b15-7+. The quantitative estimate of drug-likeness (QED) is 0.654. The summed E-state index contributed by atoms with van der Waals surface area (Å²) in [5.74, 6) is 0.850. The Hall–Kier alpha value is -2.20. The Morgan fingerprint density at radius 2 is 1.92 bits per heavy atom. The molecular formula is C18H15Cl2NO4S. The monoisotopic (exact) mass is 411 g/mol. The van der Waals surface area contributed by atoms with Crippen LogP contribution in [0.25, 0.3) is 6.08 Å². The number of allylic oxidation sites excluding steroid dienone is 1. The highest BCUT2D eigenvalue weighted by atomic mass is 35.5. The summed E-state index contributed by atoms with van der Waals surface area (Å²) in [7, 11) is -2.13. The first kappa shape index (κ1) is 20.1. The summed E-state index contributed by atoms with van der Waals surface area (Å²) in [6, 6.07) is 11.6. The lowest BCUT2D eigenvalue weighted by atomic mass is 10.2. The number of nitriles is 1. The van der Waals surface area contributed by atoms with Gasteiger partial charge in [0, 0.05) is 21.9 Å². The highest BCUT2D eigenvalue weighted by Crippen LogP contribution is 2.31. The molecule has 0 amide bonds. The van der Waals surface area contributed by atoms with E-state index in [4.69, 9.17) is 37.9 Å². The summed E-state index contributed by atoms with van der Waals surface area (Å²) in [6.07, 6.45) is 2.25. The van der Waals surface area contributed by atoms with Crippen molar-refractivity contribution in [2.75, 3.05) is 13.4 Å². The van der Waals surface area contributed by atoms with Gasteiger partial charge in [0.1, 0.15) is 17.6 Å². The third-order valence-corrected chi connectivity index (χ3v) is 4.99. The van der Waals surface area contributed by atoms with Crippen LogP contribution in [0.5, 0.6) is 11.5 Å². The number of hydrogen-bond acceptors (Lipinski definition) is 5. The average molecular weight is 412 g/mol. The SMILES string of the molecule is COc1cc(/C=C(\C#N)S(C)(=O)=O)ccc1OCc1ccc(Cl)cc1Cl. The summed E-state index contributed by atoms with van der Waals surface area (Å²) in [4.78, 5) is -0.332. The van der Waals surface area contributed by atoms with Gasteiger partial charge in [0.05, 0.1) is 7.11 Å². The predicted octanol–water partition coefficient (Wildman–Crippen LogP) is 4.49. The normalized spacial score (nSPS) is 11.7. The van der Waals surface area contributed by atoms with Gasteiger partial charge in [0.25, 0.3) is 0 Å². The summed E-state index contributed by atoms with van der Waals surface area (Å²) in [5.41, 5.74) is 1.26. The van der Waals surface area contributed by atoms with Crippen LogP contribution in [0.2, 0.25) is 10.0 Å². The van der Waals surface area contributed by atoms with Crippen molar-refractivity contribution in [2.24, 2.45) is 0 Å². The van der Waals surface area contributed by atoms with Crippen molar-refractivity contribution in [3.05, 3.63) is 62.5 Å². The largest absolute Gasteiger partial charge is 0.493 e. The van der Waals surface area contributed by atoms with E-state index in [1.807, 2.05) is 0 Å². The van der Waals surface area contributed by atoms with Gasteiger partial charge in [0.15, 0.2) is 21.3 Å². The Balaban J connectivity index is 2.26. The highest BCUT2D eigenvalue weighted by Gasteiger charge is 2.12. The molecule has 0 saturated carbocycles. The minimum Gasteiger partial charge on any atom is -0.493 e.